The van der Waals surface area contributed by atoms with Gasteiger partial charge >= 0.3 is 0 Å². The van der Waals surface area contributed by atoms with Crippen molar-refractivity contribution >= 4 is 17.5 Å². The minimum absolute atomic E-state index is 0.113. The number of ether oxygens (including phenoxy) is 1. The second-order valence-corrected chi connectivity index (χ2v) is 5.18. The van der Waals surface area contributed by atoms with Gasteiger partial charge in [-0.3, -0.25) is 14.5 Å². The Morgan fingerprint density at radius 3 is 2.50 bits per heavy atom. The van der Waals surface area contributed by atoms with E-state index in [1.807, 2.05) is 19.9 Å². The molecule has 4 nitrogen and oxygen atoms in total. The van der Waals surface area contributed by atoms with E-state index in [0.29, 0.717) is 17.9 Å². The van der Waals surface area contributed by atoms with Gasteiger partial charge in [0.25, 0.3) is 0 Å². The Morgan fingerprint density at radius 2 is 1.95 bits per heavy atom. The Kier molecular flexibility index (Phi) is 4.23. The summed E-state index contributed by atoms with van der Waals surface area (Å²) in [7, 11) is 1.58. The van der Waals surface area contributed by atoms with Gasteiger partial charge in [0.15, 0.2) is 0 Å². The van der Waals surface area contributed by atoms with Crippen LogP contribution in [-0.4, -0.2) is 18.9 Å². The molecule has 4 heteroatoms. The van der Waals surface area contributed by atoms with Gasteiger partial charge in [-0.15, -0.1) is 0 Å². The van der Waals surface area contributed by atoms with Crippen molar-refractivity contribution in [3.8, 4) is 5.75 Å². The van der Waals surface area contributed by atoms with Gasteiger partial charge in [0.1, 0.15) is 5.75 Å². The van der Waals surface area contributed by atoms with Gasteiger partial charge in [0.2, 0.25) is 11.8 Å². The van der Waals surface area contributed by atoms with E-state index >= 15 is 0 Å². The molecular weight excluding hydrogens is 254 g/mol. The molecule has 1 aliphatic heterocycles. The third-order valence-corrected chi connectivity index (χ3v) is 3.38. The zero-order chi connectivity index (χ0) is 14.7. The van der Waals surface area contributed by atoms with Crippen molar-refractivity contribution in [3.63, 3.8) is 0 Å². The molecule has 1 heterocycles. The number of amides is 2. The molecule has 0 N–H and O–H groups in total. The fourth-order valence-corrected chi connectivity index (χ4v) is 2.26. The number of carbonyl (C=O) groups is 2. The highest BCUT2D eigenvalue weighted by Crippen LogP contribution is 2.29. The number of nitrogens with zero attached hydrogens (tertiary/aromatic N) is 1. The first-order chi connectivity index (χ1) is 9.52. The Bertz CT molecular complexity index is 541. The molecule has 1 unspecified atom stereocenters. The smallest absolute Gasteiger partial charge is 0.237 e. The lowest BCUT2D eigenvalue weighted by atomic mass is 10.0. The summed E-state index contributed by atoms with van der Waals surface area (Å²) in [5.74, 6) is 0.221. The molecule has 0 aromatic heterocycles. The van der Waals surface area contributed by atoms with Crippen LogP contribution >= 0.6 is 0 Å². The predicted octanol–water partition coefficient (Wildman–Crippen LogP) is 2.93. The average molecular weight is 273 g/mol. The lowest BCUT2D eigenvalue weighted by Crippen LogP contribution is -2.30. The fourth-order valence-electron chi connectivity index (χ4n) is 2.26. The van der Waals surface area contributed by atoms with Crippen LogP contribution in [0.1, 0.15) is 26.7 Å². The quantitative estimate of drug-likeness (QED) is 0.626. The normalized spacial score (nSPS) is 18.4. The minimum atomic E-state index is -0.237. The summed E-state index contributed by atoms with van der Waals surface area (Å²) in [5.41, 5.74) is 1.77. The summed E-state index contributed by atoms with van der Waals surface area (Å²) in [6.45, 7) is 3.98. The highest BCUT2D eigenvalue weighted by atomic mass is 16.5. The molecule has 1 aliphatic rings. The molecule has 0 bridgehead atoms. The first-order valence-electron chi connectivity index (χ1n) is 6.67. The highest BCUT2D eigenvalue weighted by molar-refractivity contribution is 6.20. The van der Waals surface area contributed by atoms with Crippen LogP contribution in [0, 0.1) is 5.92 Å². The van der Waals surface area contributed by atoms with Crippen molar-refractivity contribution in [1.82, 2.24) is 0 Å². The van der Waals surface area contributed by atoms with Crippen LogP contribution in [-0.2, 0) is 9.59 Å². The van der Waals surface area contributed by atoms with Crippen molar-refractivity contribution in [2.45, 2.75) is 26.7 Å². The molecule has 1 aromatic carbocycles. The number of rotatable bonds is 4. The molecule has 1 saturated heterocycles. The maximum Gasteiger partial charge on any atom is 0.237 e. The van der Waals surface area contributed by atoms with Crippen LogP contribution in [0.5, 0.6) is 5.75 Å². The van der Waals surface area contributed by atoms with Crippen LogP contribution in [0.4, 0.5) is 5.69 Å². The fraction of sp³-hybridized carbons (Fsp3) is 0.375. The molecule has 0 saturated carbocycles. The minimum Gasteiger partial charge on any atom is -0.497 e. The third kappa shape index (κ3) is 2.90. The van der Waals surface area contributed by atoms with Crippen LogP contribution in [0.2, 0.25) is 0 Å². The summed E-state index contributed by atoms with van der Waals surface area (Å²) >= 11 is 0. The summed E-state index contributed by atoms with van der Waals surface area (Å²) in [4.78, 5) is 25.7. The Balaban J connectivity index is 2.17. The van der Waals surface area contributed by atoms with Crippen molar-refractivity contribution < 1.29 is 14.3 Å². The van der Waals surface area contributed by atoms with E-state index in [1.54, 1.807) is 31.4 Å². The van der Waals surface area contributed by atoms with E-state index in [9.17, 15) is 9.59 Å². The maximum atomic E-state index is 12.3. The van der Waals surface area contributed by atoms with E-state index in [4.69, 9.17) is 4.74 Å². The van der Waals surface area contributed by atoms with E-state index in [1.165, 1.54) is 4.90 Å². The topological polar surface area (TPSA) is 46.6 Å². The van der Waals surface area contributed by atoms with E-state index in [2.05, 4.69) is 0 Å². The van der Waals surface area contributed by atoms with Gasteiger partial charge in [-0.05, 0) is 44.5 Å². The molecule has 1 aromatic rings. The summed E-state index contributed by atoms with van der Waals surface area (Å²) in [6.07, 6.45) is 2.92. The van der Waals surface area contributed by atoms with E-state index in [-0.39, 0.29) is 24.2 Å². The largest absolute Gasteiger partial charge is 0.497 e. The second kappa shape index (κ2) is 5.90. The SMILES string of the molecule is COc1ccc(N2C(=O)CC(CC=C(C)C)C2=O)cc1. The molecule has 106 valence electrons. The Labute approximate surface area is 119 Å². The Morgan fingerprint density at radius 1 is 1.30 bits per heavy atom. The zero-order valence-corrected chi connectivity index (χ0v) is 12.1. The monoisotopic (exact) mass is 273 g/mol. The number of carbonyl (C=O) groups excluding carboxylic acids is 2. The van der Waals surface area contributed by atoms with Gasteiger partial charge < -0.3 is 4.74 Å². The number of allylic oxidation sites excluding steroid dienone is 2. The molecule has 2 rings (SSSR count). The van der Waals surface area contributed by atoms with Crippen molar-refractivity contribution in [2.75, 3.05) is 12.0 Å². The van der Waals surface area contributed by atoms with Crippen molar-refractivity contribution in [2.24, 2.45) is 5.92 Å². The lowest BCUT2D eigenvalue weighted by Gasteiger charge is -2.15. The van der Waals surface area contributed by atoms with Crippen LogP contribution in [0.15, 0.2) is 35.9 Å². The van der Waals surface area contributed by atoms with Crippen LogP contribution in [0.25, 0.3) is 0 Å². The third-order valence-electron chi connectivity index (χ3n) is 3.38. The number of methoxy groups -OCH3 is 1. The van der Waals surface area contributed by atoms with Crippen molar-refractivity contribution in [3.05, 3.63) is 35.9 Å². The lowest BCUT2D eigenvalue weighted by molar-refractivity contribution is -0.122. The summed E-state index contributed by atoms with van der Waals surface area (Å²) < 4.78 is 5.08. The van der Waals surface area contributed by atoms with Crippen LogP contribution < -0.4 is 9.64 Å². The van der Waals surface area contributed by atoms with Gasteiger partial charge in [-0.25, -0.2) is 0 Å². The molecule has 0 spiro atoms. The van der Waals surface area contributed by atoms with E-state index < -0.39 is 0 Å². The van der Waals surface area contributed by atoms with Crippen molar-refractivity contribution in [1.29, 1.82) is 0 Å². The summed E-state index contributed by atoms with van der Waals surface area (Å²) in [5, 5.41) is 0. The number of hydrogen-bond donors (Lipinski definition) is 0. The van der Waals surface area contributed by atoms with Gasteiger partial charge in [0.05, 0.1) is 18.7 Å². The molecule has 2 amide bonds. The predicted molar refractivity (Wildman–Crippen MR) is 77.6 cm³/mol. The molecule has 0 aliphatic carbocycles. The zero-order valence-electron chi connectivity index (χ0n) is 12.1. The number of anilines is 1. The summed E-state index contributed by atoms with van der Waals surface area (Å²) in [6, 6.07) is 6.97. The van der Waals surface area contributed by atoms with E-state index in [0.717, 1.165) is 5.57 Å². The molecule has 20 heavy (non-hydrogen) atoms. The number of hydrogen-bond acceptors (Lipinski definition) is 3. The second-order valence-electron chi connectivity index (χ2n) is 5.18. The van der Waals surface area contributed by atoms with Gasteiger partial charge in [-0.1, -0.05) is 11.6 Å². The first-order valence-corrected chi connectivity index (χ1v) is 6.67. The molecule has 0 radical (unpaired) electrons. The number of imide groups is 1. The molecule has 1 atom stereocenters. The average Bonchev–Trinajstić information content (AvgIpc) is 2.71. The van der Waals surface area contributed by atoms with Gasteiger partial charge in [-0.2, -0.15) is 0 Å². The molecular formula is C16H19NO3. The first kappa shape index (κ1) is 14.3. The maximum absolute atomic E-state index is 12.3. The Hall–Kier alpha value is -2.10. The van der Waals surface area contributed by atoms with Crippen LogP contribution in [0.3, 0.4) is 0 Å². The standard InChI is InChI=1S/C16H19NO3/c1-11(2)4-5-12-10-15(18)17(16(12)19)13-6-8-14(20-3)9-7-13/h4,6-9,12H,5,10H2,1-3H3. The van der Waals surface area contributed by atoms with Gasteiger partial charge in [0, 0.05) is 6.42 Å². The number of benzene rings is 1. The molecule has 1 fully saturated rings. The highest BCUT2D eigenvalue weighted by Gasteiger charge is 2.38.